The molecule has 0 aliphatic heterocycles. The van der Waals surface area contributed by atoms with Crippen molar-refractivity contribution in [2.24, 2.45) is 0 Å². The molecule has 2 rings (SSSR count). The average Bonchev–Trinajstić information content (AvgIpc) is 2.62. The fourth-order valence-corrected chi connectivity index (χ4v) is 2.91. The van der Waals surface area contributed by atoms with Gasteiger partial charge in [0.1, 0.15) is 0 Å². The van der Waals surface area contributed by atoms with Crippen LogP contribution in [0.15, 0.2) is 48.5 Å². The second kappa shape index (κ2) is 9.11. The van der Waals surface area contributed by atoms with Gasteiger partial charge in [0.05, 0.1) is 6.04 Å². The maximum absolute atomic E-state index is 12.2. The van der Waals surface area contributed by atoms with Crippen molar-refractivity contribution in [1.29, 1.82) is 0 Å². The van der Waals surface area contributed by atoms with Crippen molar-refractivity contribution in [3.8, 4) is 0 Å². The van der Waals surface area contributed by atoms with Crippen LogP contribution in [-0.4, -0.2) is 12.5 Å². The predicted molar refractivity (Wildman–Crippen MR) is 101 cm³/mol. The minimum absolute atomic E-state index is 0.0350. The van der Waals surface area contributed by atoms with Gasteiger partial charge in [-0.25, -0.2) is 0 Å². The molecule has 0 bridgehead atoms. The normalized spacial score (nSPS) is 11.8. The van der Waals surface area contributed by atoms with Crippen LogP contribution in [0.1, 0.15) is 49.9 Å². The number of aryl methyl sites for hydroxylation is 2. The Balaban J connectivity index is 1.87. The van der Waals surface area contributed by atoms with E-state index < -0.39 is 0 Å². The minimum Gasteiger partial charge on any atom is -0.384 e. The molecular formula is C21H28N2O. The van der Waals surface area contributed by atoms with E-state index in [0.717, 1.165) is 18.4 Å². The number of carbonyl (C=O) groups excluding carboxylic acids is 1. The summed E-state index contributed by atoms with van der Waals surface area (Å²) in [6.45, 7) is 6.99. The lowest BCUT2D eigenvalue weighted by atomic mass is 10.0. The van der Waals surface area contributed by atoms with Gasteiger partial charge >= 0.3 is 0 Å². The van der Waals surface area contributed by atoms with Gasteiger partial charge in [-0.3, -0.25) is 4.79 Å². The largest absolute Gasteiger partial charge is 0.384 e. The van der Waals surface area contributed by atoms with Crippen molar-refractivity contribution < 1.29 is 4.79 Å². The first-order valence-corrected chi connectivity index (χ1v) is 8.84. The van der Waals surface area contributed by atoms with Crippen LogP contribution in [0.5, 0.6) is 0 Å². The van der Waals surface area contributed by atoms with E-state index in [9.17, 15) is 4.79 Å². The molecule has 3 heteroatoms. The Bertz CT molecular complexity index is 630. The Kier molecular flexibility index (Phi) is 6.86. The van der Waals surface area contributed by atoms with Crippen molar-refractivity contribution in [3.63, 3.8) is 0 Å². The standard InChI is InChI=1S/C21H28N2O/c1-4-17-12-9-13-18(5-2)21(17)22-15-14-20(24)23-16(3)19-10-7-6-8-11-19/h6-13,16,22H,4-5,14-15H2,1-3H3,(H,23,24). The molecule has 1 atom stereocenters. The molecule has 0 heterocycles. The first-order chi connectivity index (χ1) is 11.7. The van der Waals surface area contributed by atoms with Crippen LogP contribution in [0.25, 0.3) is 0 Å². The van der Waals surface area contributed by atoms with Crippen molar-refractivity contribution in [2.45, 2.75) is 46.1 Å². The minimum atomic E-state index is 0.0350. The molecule has 1 amide bonds. The van der Waals surface area contributed by atoms with E-state index in [1.807, 2.05) is 37.3 Å². The van der Waals surface area contributed by atoms with Crippen molar-refractivity contribution in [2.75, 3.05) is 11.9 Å². The summed E-state index contributed by atoms with van der Waals surface area (Å²) >= 11 is 0. The molecule has 0 saturated carbocycles. The summed E-state index contributed by atoms with van der Waals surface area (Å²) in [5.41, 5.74) is 4.95. The van der Waals surface area contributed by atoms with Crippen LogP contribution in [-0.2, 0) is 17.6 Å². The fraction of sp³-hybridized carbons (Fsp3) is 0.381. The number of amides is 1. The Morgan fingerprint density at radius 3 is 2.17 bits per heavy atom. The van der Waals surface area contributed by atoms with Gasteiger partial charge in [0.25, 0.3) is 0 Å². The number of hydrogen-bond donors (Lipinski definition) is 2. The first kappa shape index (κ1) is 18.1. The van der Waals surface area contributed by atoms with Gasteiger partial charge in [-0.05, 0) is 36.5 Å². The predicted octanol–water partition coefficient (Wildman–Crippen LogP) is 4.49. The number of anilines is 1. The molecule has 128 valence electrons. The zero-order valence-electron chi connectivity index (χ0n) is 14.9. The monoisotopic (exact) mass is 324 g/mol. The molecule has 3 nitrogen and oxygen atoms in total. The third-order valence-electron chi connectivity index (χ3n) is 4.33. The van der Waals surface area contributed by atoms with Crippen molar-refractivity contribution in [3.05, 3.63) is 65.2 Å². The smallest absolute Gasteiger partial charge is 0.222 e. The molecule has 1 unspecified atom stereocenters. The van der Waals surface area contributed by atoms with E-state index in [1.165, 1.54) is 16.8 Å². The highest BCUT2D eigenvalue weighted by molar-refractivity contribution is 5.77. The third kappa shape index (κ3) is 4.85. The Morgan fingerprint density at radius 2 is 1.58 bits per heavy atom. The summed E-state index contributed by atoms with van der Waals surface area (Å²) in [6, 6.07) is 16.5. The molecule has 24 heavy (non-hydrogen) atoms. The number of carbonyl (C=O) groups is 1. The molecule has 0 aromatic heterocycles. The molecule has 0 aliphatic carbocycles. The molecule has 0 spiro atoms. The lowest BCUT2D eigenvalue weighted by Crippen LogP contribution is -2.28. The molecule has 0 aliphatic rings. The number of para-hydroxylation sites is 1. The van der Waals surface area contributed by atoms with Crippen molar-refractivity contribution in [1.82, 2.24) is 5.32 Å². The maximum Gasteiger partial charge on any atom is 0.222 e. The van der Waals surface area contributed by atoms with Gasteiger partial charge < -0.3 is 10.6 Å². The van der Waals surface area contributed by atoms with E-state index in [4.69, 9.17) is 0 Å². The molecule has 2 aromatic rings. The summed E-state index contributed by atoms with van der Waals surface area (Å²) < 4.78 is 0. The summed E-state index contributed by atoms with van der Waals surface area (Å²) in [6.07, 6.45) is 2.46. The molecular weight excluding hydrogens is 296 g/mol. The molecule has 0 radical (unpaired) electrons. The van der Waals surface area contributed by atoms with Crippen LogP contribution in [0.4, 0.5) is 5.69 Å². The summed E-state index contributed by atoms with van der Waals surface area (Å²) in [5, 5.41) is 6.53. The van der Waals surface area contributed by atoms with Crippen LogP contribution in [0.2, 0.25) is 0 Å². The van der Waals surface area contributed by atoms with Gasteiger partial charge in [-0.15, -0.1) is 0 Å². The Labute approximate surface area is 145 Å². The van der Waals surface area contributed by atoms with E-state index in [2.05, 4.69) is 42.7 Å². The second-order valence-corrected chi connectivity index (χ2v) is 6.04. The number of hydrogen-bond acceptors (Lipinski definition) is 2. The zero-order chi connectivity index (χ0) is 17.4. The second-order valence-electron chi connectivity index (χ2n) is 6.04. The van der Waals surface area contributed by atoms with Crippen LogP contribution in [0.3, 0.4) is 0 Å². The highest BCUT2D eigenvalue weighted by Gasteiger charge is 2.10. The van der Waals surface area contributed by atoms with Crippen LogP contribution in [0, 0.1) is 0 Å². The number of nitrogens with one attached hydrogen (secondary N) is 2. The van der Waals surface area contributed by atoms with E-state index in [0.29, 0.717) is 13.0 Å². The first-order valence-electron chi connectivity index (χ1n) is 8.84. The lowest BCUT2D eigenvalue weighted by molar-refractivity contribution is -0.121. The van der Waals surface area contributed by atoms with E-state index in [-0.39, 0.29) is 11.9 Å². The SMILES string of the molecule is CCc1cccc(CC)c1NCCC(=O)NC(C)c1ccccc1. The maximum atomic E-state index is 12.2. The lowest BCUT2D eigenvalue weighted by Gasteiger charge is -2.17. The van der Waals surface area contributed by atoms with E-state index in [1.54, 1.807) is 0 Å². The highest BCUT2D eigenvalue weighted by atomic mass is 16.1. The summed E-state index contributed by atoms with van der Waals surface area (Å²) in [5.74, 6) is 0.0749. The fourth-order valence-electron chi connectivity index (χ4n) is 2.91. The molecule has 0 fully saturated rings. The zero-order valence-corrected chi connectivity index (χ0v) is 14.9. The van der Waals surface area contributed by atoms with Crippen LogP contribution >= 0.6 is 0 Å². The Morgan fingerprint density at radius 1 is 0.958 bits per heavy atom. The molecule has 2 N–H and O–H groups in total. The number of benzene rings is 2. The van der Waals surface area contributed by atoms with Gasteiger partial charge in [0.2, 0.25) is 5.91 Å². The molecule has 0 saturated heterocycles. The topological polar surface area (TPSA) is 41.1 Å². The van der Waals surface area contributed by atoms with Crippen molar-refractivity contribution >= 4 is 11.6 Å². The molecule has 2 aromatic carbocycles. The third-order valence-corrected chi connectivity index (χ3v) is 4.33. The van der Waals surface area contributed by atoms with Gasteiger partial charge in [0.15, 0.2) is 0 Å². The highest BCUT2D eigenvalue weighted by Crippen LogP contribution is 2.22. The van der Waals surface area contributed by atoms with Gasteiger partial charge in [-0.2, -0.15) is 0 Å². The summed E-state index contributed by atoms with van der Waals surface area (Å²) in [7, 11) is 0. The van der Waals surface area contributed by atoms with Gasteiger partial charge in [-0.1, -0.05) is 62.4 Å². The summed E-state index contributed by atoms with van der Waals surface area (Å²) in [4.78, 5) is 12.2. The van der Waals surface area contributed by atoms with E-state index >= 15 is 0 Å². The Hall–Kier alpha value is -2.29. The average molecular weight is 324 g/mol. The van der Waals surface area contributed by atoms with Crippen LogP contribution < -0.4 is 10.6 Å². The quantitative estimate of drug-likeness (QED) is 0.751. The number of rotatable bonds is 8. The van der Waals surface area contributed by atoms with Gasteiger partial charge in [0, 0.05) is 18.7 Å².